The van der Waals surface area contributed by atoms with Crippen molar-refractivity contribution >= 4 is 11.6 Å². The van der Waals surface area contributed by atoms with Crippen molar-refractivity contribution in [2.45, 2.75) is 26.9 Å². The van der Waals surface area contributed by atoms with E-state index >= 15 is 0 Å². The third-order valence-electron chi connectivity index (χ3n) is 4.63. The predicted octanol–water partition coefficient (Wildman–Crippen LogP) is 3.78. The number of aromatic nitrogens is 4. The molecule has 29 heavy (non-hydrogen) atoms. The lowest BCUT2D eigenvalue weighted by Gasteiger charge is -2.07. The third-order valence-corrected chi connectivity index (χ3v) is 4.63. The van der Waals surface area contributed by atoms with Crippen LogP contribution in [0.4, 0.5) is 10.1 Å². The number of anilines is 1. The van der Waals surface area contributed by atoms with E-state index in [1.165, 1.54) is 12.1 Å². The van der Waals surface area contributed by atoms with Gasteiger partial charge in [-0.15, -0.1) is 0 Å². The Morgan fingerprint density at radius 1 is 1.14 bits per heavy atom. The van der Waals surface area contributed by atoms with Gasteiger partial charge in [0.2, 0.25) is 0 Å². The van der Waals surface area contributed by atoms with Crippen LogP contribution in [-0.4, -0.2) is 25.5 Å². The van der Waals surface area contributed by atoms with Crippen molar-refractivity contribution in [3.8, 4) is 0 Å². The highest BCUT2D eigenvalue weighted by Gasteiger charge is 2.18. The van der Waals surface area contributed by atoms with Gasteiger partial charge in [-0.2, -0.15) is 10.2 Å². The summed E-state index contributed by atoms with van der Waals surface area (Å²) in [5.41, 5.74) is 3.07. The standard InChI is InChI=1S/C21H20FN5O2/c1-14-20(15(2)27(25-14)12-16-4-6-17(22)7-5-16)24-21(28)19-9-8-18(29-19)13-26-11-3-10-23-26/h3-11H,12-13H2,1-2H3,(H,24,28). The number of carbonyl (C=O) groups excluding carboxylic acids is 1. The smallest absolute Gasteiger partial charge is 0.291 e. The lowest BCUT2D eigenvalue weighted by molar-refractivity contribution is 0.0994. The first-order valence-corrected chi connectivity index (χ1v) is 9.15. The molecule has 1 amide bonds. The van der Waals surface area contributed by atoms with Crippen LogP contribution >= 0.6 is 0 Å². The second kappa shape index (κ2) is 7.75. The highest BCUT2D eigenvalue weighted by molar-refractivity contribution is 6.02. The molecule has 0 unspecified atom stereocenters. The van der Waals surface area contributed by atoms with Gasteiger partial charge < -0.3 is 9.73 Å². The Morgan fingerprint density at radius 3 is 2.66 bits per heavy atom. The molecule has 0 saturated heterocycles. The minimum atomic E-state index is -0.343. The quantitative estimate of drug-likeness (QED) is 0.541. The molecule has 0 saturated carbocycles. The summed E-state index contributed by atoms with van der Waals surface area (Å²) in [4.78, 5) is 12.6. The number of nitrogens with one attached hydrogen (secondary N) is 1. The molecule has 0 aliphatic rings. The molecule has 0 spiro atoms. The number of aryl methyl sites for hydroxylation is 1. The van der Waals surface area contributed by atoms with Gasteiger partial charge in [-0.3, -0.25) is 14.2 Å². The summed E-state index contributed by atoms with van der Waals surface area (Å²) < 4.78 is 22.2. The average molecular weight is 393 g/mol. The Kier molecular flexibility index (Phi) is 4.99. The number of nitrogens with zero attached hydrogens (tertiary/aromatic N) is 4. The van der Waals surface area contributed by atoms with E-state index in [-0.39, 0.29) is 17.5 Å². The Balaban J connectivity index is 1.47. The fourth-order valence-electron chi connectivity index (χ4n) is 3.11. The maximum atomic E-state index is 13.1. The Morgan fingerprint density at radius 2 is 1.93 bits per heavy atom. The van der Waals surface area contributed by atoms with E-state index in [4.69, 9.17) is 4.42 Å². The first-order chi connectivity index (χ1) is 14.0. The van der Waals surface area contributed by atoms with E-state index in [0.29, 0.717) is 30.2 Å². The zero-order valence-electron chi connectivity index (χ0n) is 16.1. The second-order valence-electron chi connectivity index (χ2n) is 6.75. The minimum Gasteiger partial charge on any atom is -0.454 e. The summed E-state index contributed by atoms with van der Waals surface area (Å²) in [5.74, 6) is 0.237. The molecule has 0 fully saturated rings. The highest BCUT2D eigenvalue weighted by Crippen LogP contribution is 2.22. The van der Waals surface area contributed by atoms with Crippen molar-refractivity contribution < 1.29 is 13.6 Å². The van der Waals surface area contributed by atoms with Crippen molar-refractivity contribution in [2.75, 3.05) is 5.32 Å². The van der Waals surface area contributed by atoms with Gasteiger partial charge in [-0.1, -0.05) is 12.1 Å². The molecule has 1 aromatic carbocycles. The molecule has 0 atom stereocenters. The number of carbonyl (C=O) groups is 1. The summed E-state index contributed by atoms with van der Waals surface area (Å²) in [6.45, 7) is 4.64. The van der Waals surface area contributed by atoms with E-state index in [1.807, 2.05) is 26.1 Å². The van der Waals surface area contributed by atoms with Crippen LogP contribution in [0, 0.1) is 19.7 Å². The second-order valence-corrected chi connectivity index (χ2v) is 6.75. The fraction of sp³-hybridized carbons (Fsp3) is 0.190. The topological polar surface area (TPSA) is 77.9 Å². The third kappa shape index (κ3) is 4.11. The SMILES string of the molecule is Cc1nn(Cc2ccc(F)cc2)c(C)c1NC(=O)c1ccc(Cn2cccn2)o1. The van der Waals surface area contributed by atoms with Crippen LogP contribution < -0.4 is 5.32 Å². The Bertz CT molecular complexity index is 1130. The molecule has 1 N–H and O–H groups in total. The zero-order valence-corrected chi connectivity index (χ0v) is 16.1. The van der Waals surface area contributed by atoms with Crippen molar-refractivity contribution in [3.05, 3.63) is 89.1 Å². The lowest BCUT2D eigenvalue weighted by Crippen LogP contribution is -2.12. The summed E-state index contributed by atoms with van der Waals surface area (Å²) in [5, 5.41) is 11.5. The molecule has 4 rings (SSSR count). The molecule has 148 valence electrons. The van der Waals surface area contributed by atoms with Gasteiger partial charge in [0.05, 0.1) is 30.2 Å². The van der Waals surface area contributed by atoms with E-state index < -0.39 is 0 Å². The normalized spacial score (nSPS) is 11.0. The van der Waals surface area contributed by atoms with Crippen LogP contribution in [0.5, 0.6) is 0 Å². The molecular formula is C21H20FN5O2. The molecule has 7 nitrogen and oxygen atoms in total. The van der Waals surface area contributed by atoms with Crippen molar-refractivity contribution in [1.29, 1.82) is 0 Å². The number of amides is 1. The molecule has 3 heterocycles. The van der Waals surface area contributed by atoms with Crippen LogP contribution in [-0.2, 0) is 13.1 Å². The number of rotatable bonds is 6. The van der Waals surface area contributed by atoms with Crippen molar-refractivity contribution in [2.24, 2.45) is 0 Å². The van der Waals surface area contributed by atoms with Gasteiger partial charge in [0.1, 0.15) is 11.6 Å². The van der Waals surface area contributed by atoms with E-state index in [0.717, 1.165) is 11.3 Å². The van der Waals surface area contributed by atoms with E-state index in [2.05, 4.69) is 15.5 Å². The molecule has 8 heteroatoms. The maximum Gasteiger partial charge on any atom is 0.291 e. The summed E-state index contributed by atoms with van der Waals surface area (Å²) in [6.07, 6.45) is 3.51. The number of furan rings is 1. The number of benzene rings is 1. The van der Waals surface area contributed by atoms with Gasteiger partial charge in [0, 0.05) is 12.4 Å². The highest BCUT2D eigenvalue weighted by atomic mass is 19.1. The molecule has 0 aliphatic heterocycles. The number of halogens is 1. The molecule has 0 bridgehead atoms. The molecule has 4 aromatic rings. The van der Waals surface area contributed by atoms with Gasteiger partial charge in [-0.25, -0.2) is 4.39 Å². The molecular weight excluding hydrogens is 373 g/mol. The average Bonchev–Trinajstić information content (AvgIpc) is 3.43. The Labute approximate surface area is 166 Å². The first kappa shape index (κ1) is 18.7. The van der Waals surface area contributed by atoms with Crippen molar-refractivity contribution in [1.82, 2.24) is 19.6 Å². The maximum absolute atomic E-state index is 13.1. The van der Waals surface area contributed by atoms with Crippen LogP contribution in [0.25, 0.3) is 0 Å². The summed E-state index contributed by atoms with van der Waals surface area (Å²) in [7, 11) is 0. The van der Waals surface area contributed by atoms with Crippen LogP contribution in [0.3, 0.4) is 0 Å². The molecule has 3 aromatic heterocycles. The van der Waals surface area contributed by atoms with Gasteiger partial charge >= 0.3 is 0 Å². The van der Waals surface area contributed by atoms with Crippen LogP contribution in [0.2, 0.25) is 0 Å². The monoisotopic (exact) mass is 393 g/mol. The summed E-state index contributed by atoms with van der Waals surface area (Å²) in [6, 6.07) is 11.5. The van der Waals surface area contributed by atoms with Crippen molar-refractivity contribution in [3.63, 3.8) is 0 Å². The number of hydrogen-bond donors (Lipinski definition) is 1. The minimum absolute atomic E-state index is 0.220. The Hall–Kier alpha value is -3.68. The molecule has 0 aliphatic carbocycles. The lowest BCUT2D eigenvalue weighted by atomic mass is 10.2. The van der Waals surface area contributed by atoms with Gasteiger partial charge in [0.15, 0.2) is 5.76 Å². The largest absolute Gasteiger partial charge is 0.454 e. The van der Waals surface area contributed by atoms with Crippen LogP contribution in [0.15, 0.2) is 59.3 Å². The van der Waals surface area contributed by atoms with E-state index in [9.17, 15) is 9.18 Å². The van der Waals surface area contributed by atoms with Gasteiger partial charge in [0.25, 0.3) is 5.91 Å². The summed E-state index contributed by atoms with van der Waals surface area (Å²) >= 11 is 0. The predicted molar refractivity (Wildman–Crippen MR) is 105 cm³/mol. The van der Waals surface area contributed by atoms with E-state index in [1.54, 1.807) is 39.8 Å². The number of hydrogen-bond acceptors (Lipinski definition) is 4. The first-order valence-electron chi connectivity index (χ1n) is 9.15. The zero-order chi connectivity index (χ0) is 20.4. The van der Waals surface area contributed by atoms with Gasteiger partial charge in [-0.05, 0) is 49.7 Å². The van der Waals surface area contributed by atoms with Crippen LogP contribution in [0.1, 0.15) is 33.3 Å². The molecule has 0 radical (unpaired) electrons. The fourth-order valence-corrected chi connectivity index (χ4v) is 3.11.